The second-order valence-corrected chi connectivity index (χ2v) is 5.07. The summed E-state index contributed by atoms with van der Waals surface area (Å²) in [7, 11) is 0. The molecule has 0 saturated heterocycles. The predicted octanol–water partition coefficient (Wildman–Crippen LogP) is 4.03. The van der Waals surface area contributed by atoms with Crippen molar-refractivity contribution in [2.45, 2.75) is 32.7 Å². The number of hydrogen-bond donors (Lipinski definition) is 1. The molecule has 0 saturated carbocycles. The number of rotatable bonds is 6. The molecule has 2 N–H and O–H groups in total. The van der Waals surface area contributed by atoms with E-state index in [2.05, 4.69) is 43.3 Å². The van der Waals surface area contributed by atoms with E-state index in [9.17, 15) is 0 Å². The van der Waals surface area contributed by atoms with Gasteiger partial charge in [0.2, 0.25) is 0 Å². The van der Waals surface area contributed by atoms with Crippen LogP contribution in [0.15, 0.2) is 48.5 Å². The number of ether oxygens (including phenoxy) is 1. The van der Waals surface area contributed by atoms with Crippen LogP contribution in [0, 0.1) is 6.92 Å². The molecule has 0 spiro atoms. The zero-order chi connectivity index (χ0) is 14.4. The van der Waals surface area contributed by atoms with Crippen molar-refractivity contribution >= 4 is 0 Å². The Morgan fingerprint density at radius 3 is 2.40 bits per heavy atom. The van der Waals surface area contributed by atoms with Crippen LogP contribution in [0.25, 0.3) is 0 Å². The minimum atomic E-state index is 0.0743. The van der Waals surface area contributed by atoms with Gasteiger partial charge in [0.15, 0.2) is 0 Å². The average molecular weight is 269 g/mol. The molecule has 2 aromatic rings. The third kappa shape index (κ3) is 3.84. The summed E-state index contributed by atoms with van der Waals surface area (Å²) in [5.74, 6) is 0.905. The average Bonchev–Trinajstić information content (AvgIpc) is 2.47. The first-order valence-electron chi connectivity index (χ1n) is 7.23. The Morgan fingerprint density at radius 2 is 1.75 bits per heavy atom. The SMILES string of the molecule is CCOc1ccc(C(N)CCc2ccccc2C)cc1. The molecule has 0 aliphatic rings. The van der Waals surface area contributed by atoms with Gasteiger partial charge in [0.05, 0.1) is 6.61 Å². The maximum absolute atomic E-state index is 6.28. The van der Waals surface area contributed by atoms with Crippen molar-refractivity contribution in [1.82, 2.24) is 0 Å². The molecular weight excluding hydrogens is 246 g/mol. The first-order chi connectivity index (χ1) is 9.70. The van der Waals surface area contributed by atoms with Crippen molar-refractivity contribution in [2.24, 2.45) is 5.73 Å². The smallest absolute Gasteiger partial charge is 0.119 e. The molecule has 106 valence electrons. The third-order valence-electron chi connectivity index (χ3n) is 3.61. The van der Waals surface area contributed by atoms with E-state index in [-0.39, 0.29) is 6.04 Å². The monoisotopic (exact) mass is 269 g/mol. The van der Waals surface area contributed by atoms with Crippen LogP contribution in [0.3, 0.4) is 0 Å². The normalized spacial score (nSPS) is 12.2. The topological polar surface area (TPSA) is 35.2 Å². The molecule has 2 heteroatoms. The van der Waals surface area contributed by atoms with Crippen molar-refractivity contribution in [1.29, 1.82) is 0 Å². The quantitative estimate of drug-likeness (QED) is 0.859. The Kier molecular flexibility index (Phi) is 5.19. The zero-order valence-corrected chi connectivity index (χ0v) is 12.3. The minimum absolute atomic E-state index is 0.0743. The van der Waals surface area contributed by atoms with Crippen LogP contribution in [0.2, 0.25) is 0 Å². The van der Waals surface area contributed by atoms with Crippen molar-refractivity contribution < 1.29 is 4.74 Å². The van der Waals surface area contributed by atoms with E-state index in [1.165, 1.54) is 16.7 Å². The summed E-state index contributed by atoms with van der Waals surface area (Å²) < 4.78 is 5.44. The number of nitrogens with two attached hydrogens (primary N) is 1. The highest BCUT2D eigenvalue weighted by molar-refractivity contribution is 5.30. The van der Waals surface area contributed by atoms with Crippen molar-refractivity contribution in [3.05, 3.63) is 65.2 Å². The van der Waals surface area contributed by atoms with Crippen molar-refractivity contribution in [2.75, 3.05) is 6.61 Å². The van der Waals surface area contributed by atoms with Crippen LogP contribution in [0.1, 0.15) is 36.1 Å². The summed E-state index contributed by atoms with van der Waals surface area (Å²) in [6, 6.07) is 16.7. The lowest BCUT2D eigenvalue weighted by Crippen LogP contribution is -2.11. The van der Waals surface area contributed by atoms with Crippen molar-refractivity contribution in [3.63, 3.8) is 0 Å². The predicted molar refractivity (Wildman–Crippen MR) is 84.0 cm³/mol. The highest BCUT2D eigenvalue weighted by atomic mass is 16.5. The van der Waals surface area contributed by atoms with Gasteiger partial charge >= 0.3 is 0 Å². The molecule has 2 aromatic carbocycles. The number of aryl methyl sites for hydroxylation is 2. The lowest BCUT2D eigenvalue weighted by molar-refractivity contribution is 0.340. The molecule has 0 fully saturated rings. The van der Waals surface area contributed by atoms with Gasteiger partial charge < -0.3 is 10.5 Å². The van der Waals surface area contributed by atoms with E-state index in [0.29, 0.717) is 6.61 Å². The fourth-order valence-electron chi connectivity index (χ4n) is 2.35. The summed E-state index contributed by atoms with van der Waals surface area (Å²) in [5.41, 5.74) is 10.2. The van der Waals surface area contributed by atoms with Crippen LogP contribution in [0.5, 0.6) is 5.75 Å². The Labute approximate surface area is 121 Å². The van der Waals surface area contributed by atoms with Gasteiger partial charge in [-0.3, -0.25) is 0 Å². The molecule has 0 aromatic heterocycles. The van der Waals surface area contributed by atoms with Gasteiger partial charge in [0.1, 0.15) is 5.75 Å². The van der Waals surface area contributed by atoms with Gasteiger partial charge in [0.25, 0.3) is 0 Å². The minimum Gasteiger partial charge on any atom is -0.494 e. The Morgan fingerprint density at radius 1 is 1.05 bits per heavy atom. The molecule has 0 aliphatic heterocycles. The standard InChI is InChI=1S/C18H23NO/c1-3-20-17-11-8-16(9-12-17)18(19)13-10-15-7-5-4-6-14(15)2/h4-9,11-12,18H,3,10,13,19H2,1-2H3. The maximum atomic E-state index is 6.28. The van der Waals surface area contributed by atoms with Gasteiger partial charge in [0, 0.05) is 6.04 Å². The number of benzene rings is 2. The lowest BCUT2D eigenvalue weighted by atomic mass is 9.97. The summed E-state index contributed by atoms with van der Waals surface area (Å²) in [6.07, 6.45) is 1.97. The van der Waals surface area contributed by atoms with Gasteiger partial charge in [-0.25, -0.2) is 0 Å². The van der Waals surface area contributed by atoms with Crippen LogP contribution < -0.4 is 10.5 Å². The highest BCUT2D eigenvalue weighted by Gasteiger charge is 2.07. The van der Waals surface area contributed by atoms with E-state index in [4.69, 9.17) is 10.5 Å². The fourth-order valence-corrected chi connectivity index (χ4v) is 2.35. The van der Waals surface area contributed by atoms with E-state index >= 15 is 0 Å². The fraction of sp³-hybridized carbons (Fsp3) is 0.333. The van der Waals surface area contributed by atoms with E-state index < -0.39 is 0 Å². The molecule has 0 heterocycles. The molecule has 0 aliphatic carbocycles. The molecule has 1 atom stereocenters. The first-order valence-corrected chi connectivity index (χ1v) is 7.23. The van der Waals surface area contributed by atoms with E-state index in [0.717, 1.165) is 18.6 Å². The molecular formula is C18H23NO. The summed E-state index contributed by atoms with van der Waals surface area (Å²) in [4.78, 5) is 0. The van der Waals surface area contributed by atoms with Gasteiger partial charge in [-0.1, -0.05) is 36.4 Å². The first kappa shape index (κ1) is 14.6. The molecule has 0 radical (unpaired) electrons. The van der Waals surface area contributed by atoms with Crippen LogP contribution in [-0.2, 0) is 6.42 Å². The van der Waals surface area contributed by atoms with Crippen LogP contribution >= 0.6 is 0 Å². The molecule has 2 rings (SSSR count). The summed E-state index contributed by atoms with van der Waals surface area (Å²) >= 11 is 0. The molecule has 20 heavy (non-hydrogen) atoms. The van der Waals surface area contributed by atoms with Crippen molar-refractivity contribution in [3.8, 4) is 5.75 Å². The zero-order valence-electron chi connectivity index (χ0n) is 12.3. The third-order valence-corrected chi connectivity index (χ3v) is 3.61. The second kappa shape index (κ2) is 7.11. The maximum Gasteiger partial charge on any atom is 0.119 e. The molecule has 0 bridgehead atoms. The molecule has 0 amide bonds. The van der Waals surface area contributed by atoms with E-state index in [1.807, 2.05) is 19.1 Å². The van der Waals surface area contributed by atoms with Crippen LogP contribution in [0.4, 0.5) is 0 Å². The number of hydrogen-bond acceptors (Lipinski definition) is 2. The summed E-state index contributed by atoms with van der Waals surface area (Å²) in [6.45, 7) is 4.83. The Balaban J connectivity index is 1.94. The highest BCUT2D eigenvalue weighted by Crippen LogP contribution is 2.21. The van der Waals surface area contributed by atoms with E-state index in [1.54, 1.807) is 0 Å². The van der Waals surface area contributed by atoms with Gasteiger partial charge in [-0.15, -0.1) is 0 Å². The Hall–Kier alpha value is -1.80. The Bertz CT molecular complexity index is 533. The largest absolute Gasteiger partial charge is 0.494 e. The lowest BCUT2D eigenvalue weighted by Gasteiger charge is -2.14. The molecule has 1 unspecified atom stereocenters. The molecule has 2 nitrogen and oxygen atoms in total. The van der Waals surface area contributed by atoms with Gasteiger partial charge in [-0.2, -0.15) is 0 Å². The summed E-state index contributed by atoms with van der Waals surface area (Å²) in [5, 5.41) is 0. The second-order valence-electron chi connectivity index (χ2n) is 5.07. The van der Waals surface area contributed by atoms with Gasteiger partial charge in [-0.05, 0) is 55.5 Å². The van der Waals surface area contributed by atoms with Crippen LogP contribution in [-0.4, -0.2) is 6.61 Å².